The van der Waals surface area contributed by atoms with Crippen molar-refractivity contribution in [2.45, 2.75) is 17.5 Å². The number of carbonyl (C=O) groups is 2. The molecule has 189 valence electrons. The quantitative estimate of drug-likeness (QED) is 0.354. The van der Waals surface area contributed by atoms with Crippen LogP contribution < -0.4 is 5.32 Å². The normalized spacial score (nSPS) is 16.5. The Labute approximate surface area is 211 Å². The minimum absolute atomic E-state index is 0.0150. The van der Waals surface area contributed by atoms with Crippen LogP contribution in [0.3, 0.4) is 0 Å². The van der Waals surface area contributed by atoms with Crippen molar-refractivity contribution in [3.8, 4) is 0 Å². The van der Waals surface area contributed by atoms with Crippen molar-refractivity contribution in [1.29, 1.82) is 0 Å². The number of piperazine rings is 1. The predicted octanol–water partition coefficient (Wildman–Crippen LogP) is 3.38. The number of halogens is 5. The number of aliphatic hydroxyl groups excluding tert-OH is 1. The molecule has 2 aromatic rings. The SMILES string of the molecule is O=C(CN1CCN(CC(O)C[As]C(=O)c2ccccc2F)CC1)Nc1ccc(Cl)c(C(F)(F)F)c1. The molecule has 0 saturated carbocycles. The molecule has 0 aromatic heterocycles. The number of hydrogen-bond donors (Lipinski definition) is 2. The van der Waals surface area contributed by atoms with Crippen molar-refractivity contribution < 1.29 is 32.3 Å². The van der Waals surface area contributed by atoms with E-state index >= 15 is 0 Å². The average Bonchev–Trinajstić information content (AvgIpc) is 2.79. The summed E-state index contributed by atoms with van der Waals surface area (Å²) in [5.41, 5.74) is -0.942. The third-order valence-corrected chi connectivity index (χ3v) is 8.11. The fourth-order valence-corrected chi connectivity index (χ4v) is 5.61. The predicted molar refractivity (Wildman–Crippen MR) is 125 cm³/mol. The number of amides is 1. The summed E-state index contributed by atoms with van der Waals surface area (Å²) >= 11 is 4.70. The average molecular weight is 577 g/mol. The van der Waals surface area contributed by atoms with Crippen LogP contribution in [-0.4, -0.2) is 86.5 Å². The Hall–Kier alpha value is -1.97. The third kappa shape index (κ3) is 8.29. The van der Waals surface area contributed by atoms with Crippen LogP contribution in [0.4, 0.5) is 23.2 Å². The Bertz CT molecular complexity index is 1050. The first-order chi connectivity index (χ1) is 16.5. The molecule has 1 amide bonds. The summed E-state index contributed by atoms with van der Waals surface area (Å²) in [6, 6.07) is 9.00. The fraction of sp³-hybridized carbons (Fsp3) is 0.391. The molecular weight excluding hydrogens is 553 g/mol. The van der Waals surface area contributed by atoms with Gasteiger partial charge in [-0.25, -0.2) is 0 Å². The molecule has 1 unspecified atom stereocenters. The Morgan fingerprint density at radius 1 is 1.09 bits per heavy atom. The number of β-amino-alcohol motifs (C(OH)–C–C–N with tert-alkyl or cyclic N) is 1. The zero-order valence-electron chi connectivity index (χ0n) is 18.6. The van der Waals surface area contributed by atoms with Crippen LogP contribution in [0.5, 0.6) is 0 Å². The van der Waals surface area contributed by atoms with Crippen molar-refractivity contribution in [1.82, 2.24) is 9.80 Å². The second-order valence-electron chi connectivity index (χ2n) is 8.10. The molecule has 1 fully saturated rings. The fourth-order valence-electron chi connectivity index (χ4n) is 3.62. The van der Waals surface area contributed by atoms with E-state index in [1.807, 2.05) is 9.80 Å². The van der Waals surface area contributed by atoms with Gasteiger partial charge in [-0.2, -0.15) is 13.2 Å². The molecule has 2 N–H and O–H groups in total. The molecule has 6 nitrogen and oxygen atoms in total. The van der Waals surface area contributed by atoms with E-state index in [9.17, 15) is 32.3 Å². The molecule has 0 spiro atoms. The molecule has 1 aliphatic rings. The molecule has 1 radical (unpaired) electrons. The number of anilines is 1. The number of carbonyl (C=O) groups excluding carboxylic acids is 2. The van der Waals surface area contributed by atoms with Gasteiger partial charge in [0.2, 0.25) is 0 Å². The third-order valence-electron chi connectivity index (χ3n) is 5.41. The molecule has 3 rings (SSSR count). The van der Waals surface area contributed by atoms with Crippen LogP contribution in [0.15, 0.2) is 42.5 Å². The van der Waals surface area contributed by atoms with Gasteiger partial charge < -0.3 is 0 Å². The van der Waals surface area contributed by atoms with Crippen molar-refractivity contribution in [2.24, 2.45) is 0 Å². The zero-order valence-corrected chi connectivity index (χ0v) is 21.2. The second kappa shape index (κ2) is 12.3. The molecule has 12 heteroatoms. The van der Waals surface area contributed by atoms with E-state index in [0.717, 1.165) is 12.1 Å². The van der Waals surface area contributed by atoms with Gasteiger partial charge in [0.1, 0.15) is 0 Å². The molecule has 1 heterocycles. The van der Waals surface area contributed by atoms with Crippen LogP contribution in [0, 0.1) is 5.82 Å². The number of hydrogen-bond acceptors (Lipinski definition) is 5. The van der Waals surface area contributed by atoms with Gasteiger partial charge in [0.25, 0.3) is 0 Å². The number of aliphatic hydroxyl groups is 1. The van der Waals surface area contributed by atoms with E-state index in [1.165, 1.54) is 24.3 Å². The molecule has 35 heavy (non-hydrogen) atoms. The minimum Gasteiger partial charge on any atom is -0.166 e. The van der Waals surface area contributed by atoms with E-state index in [0.29, 0.717) is 37.9 Å². The van der Waals surface area contributed by atoms with Gasteiger partial charge in [0, 0.05) is 0 Å². The molecule has 1 aliphatic heterocycles. The van der Waals surface area contributed by atoms with E-state index in [-0.39, 0.29) is 22.4 Å². The topological polar surface area (TPSA) is 72.9 Å². The maximum absolute atomic E-state index is 13.7. The van der Waals surface area contributed by atoms with Crippen LogP contribution in [-0.2, 0) is 11.0 Å². The Kier molecular flexibility index (Phi) is 9.72. The van der Waals surface area contributed by atoms with Gasteiger partial charge in [0.05, 0.1) is 10.6 Å². The maximum atomic E-state index is 13.7. The summed E-state index contributed by atoms with van der Waals surface area (Å²) in [4.78, 5) is 28.4. The Morgan fingerprint density at radius 2 is 1.74 bits per heavy atom. The van der Waals surface area contributed by atoms with Crippen LogP contribution >= 0.6 is 11.6 Å². The summed E-state index contributed by atoms with van der Waals surface area (Å²) in [5.74, 6) is -0.996. The summed E-state index contributed by atoms with van der Waals surface area (Å²) in [6.07, 6.45) is -5.33. The number of alkyl halides is 3. The van der Waals surface area contributed by atoms with Gasteiger partial charge in [-0.1, -0.05) is 11.6 Å². The van der Waals surface area contributed by atoms with Gasteiger partial charge in [0.15, 0.2) is 0 Å². The minimum atomic E-state index is -4.62. The molecule has 1 saturated heterocycles. The van der Waals surface area contributed by atoms with E-state index < -0.39 is 50.3 Å². The van der Waals surface area contributed by atoms with Crippen molar-refractivity contribution in [2.75, 3.05) is 44.6 Å². The first-order valence-electron chi connectivity index (χ1n) is 10.8. The monoisotopic (exact) mass is 576 g/mol. The van der Waals surface area contributed by atoms with Crippen molar-refractivity contribution >= 4 is 43.5 Å². The molecule has 0 bridgehead atoms. The second-order valence-corrected chi connectivity index (χ2v) is 10.8. The van der Waals surface area contributed by atoms with Crippen LogP contribution in [0.1, 0.15) is 15.9 Å². The smallest absolute Gasteiger partial charge is 0.166 e. The van der Waals surface area contributed by atoms with Gasteiger partial charge in [-0.15, -0.1) is 0 Å². The van der Waals surface area contributed by atoms with E-state index in [4.69, 9.17) is 11.6 Å². The first kappa shape index (κ1) is 27.6. The van der Waals surface area contributed by atoms with Crippen LogP contribution in [0.2, 0.25) is 10.2 Å². The summed E-state index contributed by atoms with van der Waals surface area (Å²) in [7, 11) is 0. The standard InChI is InChI=1S/C23H24AsClF4N3O3/c25-19-6-5-15(11-18(19)23(27,28)29)30-21(34)14-32-9-7-31(8-10-32)13-16(33)12-24-22(35)17-3-1-2-4-20(17)26/h1-6,11,16,33H,7-10,12-14H2,(H,30,34). The Balaban J connectivity index is 1.39. The summed E-state index contributed by atoms with van der Waals surface area (Å²) < 4.78 is 52.4. The number of rotatable bonds is 9. The van der Waals surface area contributed by atoms with Crippen molar-refractivity contribution in [3.63, 3.8) is 0 Å². The summed E-state index contributed by atoms with van der Waals surface area (Å²) in [5, 5.41) is 12.6. The van der Waals surface area contributed by atoms with E-state index in [1.54, 1.807) is 6.07 Å². The number of nitrogens with one attached hydrogen (secondary N) is 1. The number of benzene rings is 2. The first-order valence-corrected chi connectivity index (χ1v) is 13.4. The van der Waals surface area contributed by atoms with Gasteiger partial charge in [-0.3, -0.25) is 0 Å². The van der Waals surface area contributed by atoms with Gasteiger partial charge in [-0.05, 0) is 6.07 Å². The van der Waals surface area contributed by atoms with E-state index in [2.05, 4.69) is 5.32 Å². The Morgan fingerprint density at radius 3 is 2.40 bits per heavy atom. The number of nitrogens with zero attached hydrogens (tertiary/aromatic N) is 2. The molecular formula is C23H24AsClF4N3O3. The molecule has 0 aliphatic carbocycles. The van der Waals surface area contributed by atoms with Gasteiger partial charge >= 0.3 is 171 Å². The zero-order chi connectivity index (χ0) is 25.6. The summed E-state index contributed by atoms with van der Waals surface area (Å²) in [6.45, 7) is 2.63. The molecule has 1 atom stereocenters. The molecule has 2 aromatic carbocycles. The van der Waals surface area contributed by atoms with Crippen molar-refractivity contribution in [3.05, 3.63) is 64.4 Å². The van der Waals surface area contributed by atoms with Crippen LogP contribution in [0.25, 0.3) is 0 Å².